The number of esters is 4. The quantitative estimate of drug-likeness (QED) is 0.0598. The van der Waals surface area contributed by atoms with Crippen LogP contribution in [0.15, 0.2) is 72.8 Å². The second-order valence-electron chi connectivity index (χ2n) is 30.3. The normalized spacial score (nSPS) is 29.5. The number of carbonyl (C=O) groups excluding carboxylic acids is 4. The number of aliphatic hydroxyl groups is 4. The molecule has 0 aromatic heterocycles. The monoisotopic (exact) mass is 1530 g/mol. The van der Waals surface area contributed by atoms with Gasteiger partial charge in [-0.3, -0.25) is 19.2 Å². The highest BCUT2D eigenvalue weighted by Gasteiger charge is 2.56. The SMILES string of the molecule is C#C[C@@]1(O)[C@@H](C)C[C@H](OC(=O)[C@@H](C)c2ccc(Cl)cc2Cl)CC1(C)C.C#C[C@@]1(O)[C@@H](C)C[C@H](OC(=O)[C@H](C)c2ccc(Cl)cc2Cl)CC1(C)C.C#C[C@]1(O)[C@H](C)C[C@@H](OC(=O)[C@@H](C)c2ccc(Cl)cc2Cl)CC1(C)C.C#C[C@]1(O)[C@H](C)C[C@@H](OC(=O)[C@H](C)c2ccc(Cl)cc2Cl)CC1(C)C. The summed E-state index contributed by atoms with van der Waals surface area (Å²) in [5, 5.41) is 46.9. The van der Waals surface area contributed by atoms with E-state index in [1.54, 1.807) is 100 Å². The van der Waals surface area contributed by atoms with Crippen molar-refractivity contribution in [1.29, 1.82) is 0 Å². The largest absolute Gasteiger partial charge is 0.462 e. The first-order valence-corrected chi connectivity index (χ1v) is 36.5. The van der Waals surface area contributed by atoms with E-state index in [4.69, 9.17) is 137 Å². The molecule has 4 aromatic rings. The van der Waals surface area contributed by atoms with E-state index in [1.807, 2.05) is 83.1 Å². The van der Waals surface area contributed by atoms with Gasteiger partial charge in [0.05, 0.1) is 23.7 Å². The minimum absolute atomic E-state index is 0.173. The molecule has 20 heteroatoms. The third-order valence-electron chi connectivity index (χ3n) is 21.5. The molecule has 0 saturated heterocycles. The Balaban J connectivity index is 0.000000240. The Morgan fingerprint density at radius 3 is 0.650 bits per heavy atom. The van der Waals surface area contributed by atoms with Crippen LogP contribution >= 0.6 is 92.8 Å². The Hall–Kier alpha value is -4.84. The maximum atomic E-state index is 12.6. The lowest BCUT2D eigenvalue weighted by Crippen LogP contribution is -2.55. The zero-order valence-electron chi connectivity index (χ0n) is 59.9. The van der Waals surface area contributed by atoms with Gasteiger partial charge in [-0.25, -0.2) is 0 Å². The average Bonchev–Trinajstić information content (AvgIpc) is 0.777. The third kappa shape index (κ3) is 19.2. The molecule has 0 radical (unpaired) electrons. The van der Waals surface area contributed by atoms with Gasteiger partial charge in [-0.2, -0.15) is 0 Å². The summed E-state index contributed by atoms with van der Waals surface area (Å²) in [6.45, 7) is 29.8. The summed E-state index contributed by atoms with van der Waals surface area (Å²) < 4.78 is 22.9. The number of benzene rings is 4. The summed E-state index contributed by atoms with van der Waals surface area (Å²) in [7, 11) is 0. The highest BCUT2D eigenvalue weighted by Crippen LogP contribution is 2.52. The van der Waals surface area contributed by atoms with E-state index < -0.39 is 67.7 Å². The van der Waals surface area contributed by atoms with Crippen molar-refractivity contribution in [2.45, 2.75) is 233 Å². The third-order valence-corrected chi connectivity index (χ3v) is 23.8. The molecule has 0 amide bonds. The van der Waals surface area contributed by atoms with Gasteiger partial charge in [0, 0.05) is 85.5 Å². The van der Waals surface area contributed by atoms with Crippen LogP contribution in [0.2, 0.25) is 40.2 Å². The second-order valence-corrected chi connectivity index (χ2v) is 33.7. The van der Waals surface area contributed by atoms with E-state index in [1.165, 1.54) is 0 Å². The van der Waals surface area contributed by atoms with Crippen LogP contribution in [0, 0.1) is 94.7 Å². The number of terminal acetylenes is 4. The van der Waals surface area contributed by atoms with E-state index in [-0.39, 0.29) is 72.0 Å². The molecule has 100 heavy (non-hydrogen) atoms. The molecule has 4 N–H and O–H groups in total. The number of hydrogen-bond acceptors (Lipinski definition) is 12. The number of carbonyl (C=O) groups is 4. The molecule has 0 bridgehead atoms. The predicted molar refractivity (Wildman–Crippen MR) is 403 cm³/mol. The van der Waals surface area contributed by atoms with Crippen molar-refractivity contribution in [3.8, 4) is 49.4 Å². The summed E-state index contributed by atoms with van der Waals surface area (Å²) in [6.07, 6.45) is 25.2. The van der Waals surface area contributed by atoms with Crippen molar-refractivity contribution in [1.82, 2.24) is 0 Å². The molecule has 4 aromatic carbocycles. The van der Waals surface area contributed by atoms with Gasteiger partial charge < -0.3 is 39.4 Å². The van der Waals surface area contributed by atoms with E-state index in [2.05, 4.69) is 23.7 Å². The highest BCUT2D eigenvalue weighted by atomic mass is 35.5. The van der Waals surface area contributed by atoms with E-state index in [0.717, 1.165) is 0 Å². The topological polar surface area (TPSA) is 186 Å². The molecular formula is C80H96Cl8O12. The van der Waals surface area contributed by atoms with Crippen molar-refractivity contribution in [3.63, 3.8) is 0 Å². The molecule has 12 nitrogen and oxygen atoms in total. The van der Waals surface area contributed by atoms with Crippen LogP contribution in [0.4, 0.5) is 0 Å². The second kappa shape index (κ2) is 33.9. The Morgan fingerprint density at radius 1 is 0.360 bits per heavy atom. The van der Waals surface area contributed by atoms with E-state index in [9.17, 15) is 39.6 Å². The molecule has 0 unspecified atom stereocenters. The van der Waals surface area contributed by atoms with Gasteiger partial charge in [0.25, 0.3) is 0 Å². The maximum absolute atomic E-state index is 12.6. The van der Waals surface area contributed by atoms with E-state index >= 15 is 0 Å². The van der Waals surface area contributed by atoms with E-state index in [0.29, 0.717) is 114 Å². The van der Waals surface area contributed by atoms with Gasteiger partial charge >= 0.3 is 23.9 Å². The van der Waals surface area contributed by atoms with Gasteiger partial charge in [0.15, 0.2) is 0 Å². The molecular weight excluding hydrogens is 1440 g/mol. The summed E-state index contributed by atoms with van der Waals surface area (Å²) in [5.41, 5.74) is -4.31. The van der Waals surface area contributed by atoms with Gasteiger partial charge in [0.1, 0.15) is 46.8 Å². The zero-order chi connectivity index (χ0) is 76.0. The number of hydrogen-bond donors (Lipinski definition) is 4. The Kier molecular flexibility index (Phi) is 29.1. The molecule has 0 aliphatic heterocycles. The van der Waals surface area contributed by atoms with Crippen LogP contribution < -0.4 is 0 Å². The van der Waals surface area contributed by atoms with Gasteiger partial charge in [0.2, 0.25) is 0 Å². The van der Waals surface area contributed by atoms with Crippen LogP contribution in [0.3, 0.4) is 0 Å². The molecule has 4 aliphatic rings. The molecule has 0 spiro atoms. The van der Waals surface area contributed by atoms with Gasteiger partial charge in [-0.15, -0.1) is 25.7 Å². The Morgan fingerprint density at radius 2 is 0.520 bits per heavy atom. The lowest BCUT2D eigenvalue weighted by Gasteiger charge is -2.49. The van der Waals surface area contributed by atoms with Crippen molar-refractivity contribution >= 4 is 117 Å². The molecule has 4 saturated carbocycles. The smallest absolute Gasteiger partial charge is 0.313 e. The van der Waals surface area contributed by atoms with Crippen molar-refractivity contribution in [3.05, 3.63) is 135 Å². The minimum Gasteiger partial charge on any atom is -0.462 e. The minimum atomic E-state index is -1.21. The molecule has 4 aliphatic carbocycles. The first-order chi connectivity index (χ1) is 46.1. The molecule has 8 rings (SSSR count). The number of ether oxygens (including phenoxy) is 4. The van der Waals surface area contributed by atoms with Crippen molar-refractivity contribution in [2.24, 2.45) is 45.3 Å². The Bertz CT molecular complexity index is 3320. The van der Waals surface area contributed by atoms with Crippen LogP contribution in [0.25, 0.3) is 0 Å². The summed E-state index contributed by atoms with van der Waals surface area (Å²) in [4.78, 5) is 50.3. The van der Waals surface area contributed by atoms with Gasteiger partial charge in [-0.05, 0) is 150 Å². The van der Waals surface area contributed by atoms with Crippen molar-refractivity contribution < 1.29 is 58.6 Å². The summed E-state index contributed by atoms with van der Waals surface area (Å²) in [5.74, 6) is 6.08. The van der Waals surface area contributed by atoms with Crippen LogP contribution in [0.1, 0.15) is 208 Å². The fourth-order valence-electron chi connectivity index (χ4n) is 14.9. The lowest BCUT2D eigenvalue weighted by molar-refractivity contribution is -0.168. The molecule has 16 atom stereocenters. The Labute approximate surface area is 633 Å². The van der Waals surface area contributed by atoms with Crippen LogP contribution in [-0.2, 0) is 38.1 Å². The first kappa shape index (κ1) is 85.8. The molecule has 4 fully saturated rings. The number of rotatable bonds is 12. The maximum Gasteiger partial charge on any atom is 0.313 e. The van der Waals surface area contributed by atoms with Crippen LogP contribution in [0.5, 0.6) is 0 Å². The highest BCUT2D eigenvalue weighted by molar-refractivity contribution is 6.37. The predicted octanol–water partition coefficient (Wildman–Crippen LogP) is 19.3. The lowest BCUT2D eigenvalue weighted by atomic mass is 9.60. The average molecular weight is 1530 g/mol. The summed E-state index contributed by atoms with van der Waals surface area (Å²) in [6, 6.07) is 20.2. The fraction of sp³-hybridized carbons (Fsp3) is 0.550. The van der Waals surface area contributed by atoms with Gasteiger partial charge in [-0.1, -0.05) is 224 Å². The summed E-state index contributed by atoms with van der Waals surface area (Å²) >= 11 is 48.4. The first-order valence-electron chi connectivity index (χ1n) is 33.5. The molecule has 544 valence electrons. The zero-order valence-corrected chi connectivity index (χ0v) is 65.9. The fourth-order valence-corrected chi connectivity index (χ4v) is 17.1. The van der Waals surface area contributed by atoms with Crippen molar-refractivity contribution in [2.75, 3.05) is 0 Å². The van der Waals surface area contributed by atoms with Crippen LogP contribution in [-0.4, -0.2) is 91.1 Å². The molecule has 0 heterocycles. The number of halogens is 8. The standard InChI is InChI=1S/4C20H24Cl2O3/c4*1-6-20(24)12(2)9-15(11-19(20,4)5)25-18(23)13(3)16-8-7-14(21)10-17(16)22/h4*1,7-8,10,12-13,15,24H,9,11H2,2-5H3/t2*12-,13+,15-,20+;2*12-,13-,15-,20+/m1010/s1.